The van der Waals surface area contributed by atoms with Crippen LogP contribution in [0.4, 0.5) is 4.39 Å². The number of Topliss-reactive ketones (excluding diaryl/α,β-unsaturated/α-hetero) is 1. The van der Waals surface area contributed by atoms with Gasteiger partial charge in [-0.25, -0.2) is 4.39 Å². The molecule has 1 aromatic carbocycles. The van der Waals surface area contributed by atoms with Crippen LogP contribution < -0.4 is 4.74 Å². The Hall–Kier alpha value is -1.91. The van der Waals surface area contributed by atoms with Crippen molar-refractivity contribution in [1.82, 2.24) is 0 Å². The quantitative estimate of drug-likeness (QED) is 0.438. The number of ketones is 1. The van der Waals surface area contributed by atoms with E-state index >= 15 is 0 Å². The van der Waals surface area contributed by atoms with E-state index in [-0.39, 0.29) is 12.2 Å². The predicted octanol–water partition coefficient (Wildman–Crippen LogP) is 3.00. The minimum atomic E-state index is -0.956. The van der Waals surface area contributed by atoms with Crippen LogP contribution in [0, 0.1) is 11.7 Å². The second-order valence-electron chi connectivity index (χ2n) is 4.30. The maximum Gasteiger partial charge on any atom is 0.316 e. The minimum absolute atomic E-state index is 0.114. The zero-order valence-electron chi connectivity index (χ0n) is 11.9. The highest BCUT2D eigenvalue weighted by molar-refractivity contribution is 6.08. The van der Waals surface area contributed by atoms with Gasteiger partial charge in [0.2, 0.25) is 0 Å². The van der Waals surface area contributed by atoms with E-state index in [2.05, 4.69) is 0 Å². The molecule has 0 heterocycles. The number of hydrogen-bond donors (Lipinski definition) is 0. The molecule has 0 aliphatic carbocycles. The van der Waals surface area contributed by atoms with Crippen molar-refractivity contribution in [3.8, 4) is 5.75 Å². The minimum Gasteiger partial charge on any atom is -0.497 e. The highest BCUT2D eigenvalue weighted by Gasteiger charge is 2.29. The lowest BCUT2D eigenvalue weighted by Crippen LogP contribution is -2.27. The Bertz CT molecular complexity index is 485. The molecule has 1 aromatic rings. The molecule has 0 saturated heterocycles. The molecule has 5 heteroatoms. The van der Waals surface area contributed by atoms with Crippen LogP contribution in [-0.2, 0) is 9.53 Å². The summed E-state index contributed by atoms with van der Waals surface area (Å²) in [5.41, 5.74) is -0.114. The fraction of sp³-hybridized carbons (Fsp3) is 0.467. The Morgan fingerprint density at radius 3 is 2.50 bits per heavy atom. The Morgan fingerprint density at radius 1 is 1.30 bits per heavy atom. The van der Waals surface area contributed by atoms with Gasteiger partial charge in [0.05, 0.1) is 19.3 Å². The van der Waals surface area contributed by atoms with Crippen LogP contribution >= 0.6 is 0 Å². The third-order valence-corrected chi connectivity index (χ3v) is 2.91. The predicted molar refractivity (Wildman–Crippen MR) is 72.3 cm³/mol. The average Bonchev–Trinajstić information content (AvgIpc) is 2.44. The van der Waals surface area contributed by atoms with Crippen LogP contribution in [0.5, 0.6) is 5.75 Å². The molecule has 1 atom stereocenters. The van der Waals surface area contributed by atoms with E-state index in [1.165, 1.54) is 19.2 Å². The Balaban J connectivity index is 3.02. The monoisotopic (exact) mass is 282 g/mol. The fourth-order valence-corrected chi connectivity index (χ4v) is 1.90. The van der Waals surface area contributed by atoms with Gasteiger partial charge in [-0.05, 0) is 25.5 Å². The van der Waals surface area contributed by atoms with E-state index in [1.807, 2.05) is 6.92 Å². The van der Waals surface area contributed by atoms with Crippen LogP contribution in [0.1, 0.15) is 37.0 Å². The van der Waals surface area contributed by atoms with E-state index in [9.17, 15) is 14.0 Å². The second-order valence-corrected chi connectivity index (χ2v) is 4.30. The van der Waals surface area contributed by atoms with Gasteiger partial charge < -0.3 is 9.47 Å². The van der Waals surface area contributed by atoms with E-state index < -0.39 is 23.5 Å². The second kappa shape index (κ2) is 7.62. The van der Waals surface area contributed by atoms with Gasteiger partial charge in [0.25, 0.3) is 0 Å². The summed E-state index contributed by atoms with van der Waals surface area (Å²) in [5.74, 6) is -2.48. The SMILES string of the molecule is CCCC(C(=O)OCC)C(=O)c1ccc(OC)cc1F. The molecule has 0 radical (unpaired) electrons. The molecular formula is C15H19FO4. The number of carbonyl (C=O) groups excluding carboxylic acids is 2. The number of esters is 1. The molecule has 0 spiro atoms. The highest BCUT2D eigenvalue weighted by atomic mass is 19.1. The van der Waals surface area contributed by atoms with Gasteiger partial charge in [0.15, 0.2) is 5.78 Å². The highest BCUT2D eigenvalue weighted by Crippen LogP contribution is 2.22. The molecule has 20 heavy (non-hydrogen) atoms. The molecule has 4 nitrogen and oxygen atoms in total. The summed E-state index contributed by atoms with van der Waals surface area (Å²) in [5, 5.41) is 0. The smallest absolute Gasteiger partial charge is 0.316 e. The maximum atomic E-state index is 13.9. The van der Waals surface area contributed by atoms with Gasteiger partial charge in [-0.3, -0.25) is 9.59 Å². The largest absolute Gasteiger partial charge is 0.497 e. The first-order valence-corrected chi connectivity index (χ1v) is 6.59. The third kappa shape index (κ3) is 3.79. The zero-order valence-corrected chi connectivity index (χ0v) is 11.9. The number of carbonyl (C=O) groups is 2. The lowest BCUT2D eigenvalue weighted by Gasteiger charge is -2.14. The molecule has 110 valence electrons. The Morgan fingerprint density at radius 2 is 2.00 bits per heavy atom. The molecule has 1 unspecified atom stereocenters. The first-order valence-electron chi connectivity index (χ1n) is 6.59. The van der Waals surface area contributed by atoms with Crippen molar-refractivity contribution in [2.75, 3.05) is 13.7 Å². The summed E-state index contributed by atoms with van der Waals surface area (Å²) in [6.45, 7) is 3.71. The number of rotatable bonds is 7. The van der Waals surface area contributed by atoms with Gasteiger partial charge in [0, 0.05) is 6.07 Å². The normalized spacial score (nSPS) is 11.8. The fourth-order valence-electron chi connectivity index (χ4n) is 1.90. The van der Waals surface area contributed by atoms with Crippen molar-refractivity contribution in [1.29, 1.82) is 0 Å². The van der Waals surface area contributed by atoms with Crippen LogP contribution in [0.15, 0.2) is 18.2 Å². The van der Waals surface area contributed by atoms with Crippen LogP contribution in [0.3, 0.4) is 0 Å². The molecule has 0 bridgehead atoms. The van der Waals surface area contributed by atoms with Gasteiger partial charge >= 0.3 is 5.97 Å². The van der Waals surface area contributed by atoms with Crippen molar-refractivity contribution in [2.45, 2.75) is 26.7 Å². The first kappa shape index (κ1) is 16.1. The molecule has 0 amide bonds. The van der Waals surface area contributed by atoms with Crippen molar-refractivity contribution < 1.29 is 23.5 Å². The topological polar surface area (TPSA) is 52.6 Å². The van der Waals surface area contributed by atoms with Crippen LogP contribution in [0.2, 0.25) is 0 Å². The number of benzene rings is 1. The van der Waals surface area contributed by atoms with Crippen LogP contribution in [-0.4, -0.2) is 25.5 Å². The summed E-state index contributed by atoms with van der Waals surface area (Å²) in [6.07, 6.45) is 0.968. The molecule has 0 aliphatic rings. The van der Waals surface area contributed by atoms with Gasteiger partial charge in [-0.1, -0.05) is 13.3 Å². The third-order valence-electron chi connectivity index (χ3n) is 2.91. The number of methoxy groups -OCH3 is 1. The summed E-state index contributed by atoms with van der Waals surface area (Å²) in [7, 11) is 1.41. The van der Waals surface area contributed by atoms with Crippen LogP contribution in [0.25, 0.3) is 0 Å². The number of ether oxygens (including phenoxy) is 2. The first-order chi connectivity index (χ1) is 9.54. The van der Waals surface area contributed by atoms with Crippen molar-refractivity contribution in [3.05, 3.63) is 29.6 Å². The standard InChI is InChI=1S/C15H19FO4/c1-4-6-12(15(18)20-5-2)14(17)11-8-7-10(19-3)9-13(11)16/h7-9,12H,4-6H2,1-3H3. The lowest BCUT2D eigenvalue weighted by atomic mass is 9.93. The zero-order chi connectivity index (χ0) is 15.1. The van der Waals surface area contributed by atoms with Crippen molar-refractivity contribution in [2.24, 2.45) is 5.92 Å². The summed E-state index contributed by atoms with van der Waals surface area (Å²) < 4.78 is 23.6. The summed E-state index contributed by atoms with van der Waals surface area (Å²) in [4.78, 5) is 24.1. The maximum absolute atomic E-state index is 13.9. The molecule has 0 aromatic heterocycles. The molecule has 0 N–H and O–H groups in total. The number of hydrogen-bond acceptors (Lipinski definition) is 4. The van der Waals surface area contributed by atoms with Gasteiger partial charge in [0.1, 0.15) is 17.5 Å². The molecule has 1 rings (SSSR count). The summed E-state index contributed by atoms with van der Waals surface area (Å²) in [6, 6.07) is 3.95. The van der Waals surface area contributed by atoms with Crippen molar-refractivity contribution >= 4 is 11.8 Å². The van der Waals surface area contributed by atoms with Crippen molar-refractivity contribution in [3.63, 3.8) is 0 Å². The molecule has 0 saturated carbocycles. The van der Waals surface area contributed by atoms with E-state index in [0.29, 0.717) is 18.6 Å². The van der Waals surface area contributed by atoms with E-state index in [0.717, 1.165) is 6.07 Å². The van der Waals surface area contributed by atoms with Gasteiger partial charge in [-0.2, -0.15) is 0 Å². The van der Waals surface area contributed by atoms with E-state index in [1.54, 1.807) is 6.92 Å². The molecule has 0 fully saturated rings. The average molecular weight is 282 g/mol. The molecular weight excluding hydrogens is 263 g/mol. The number of halogens is 1. The Labute approximate surface area is 117 Å². The molecule has 0 aliphatic heterocycles. The lowest BCUT2D eigenvalue weighted by molar-refractivity contribution is -0.146. The van der Waals surface area contributed by atoms with E-state index in [4.69, 9.17) is 9.47 Å². The van der Waals surface area contributed by atoms with Gasteiger partial charge in [-0.15, -0.1) is 0 Å². The summed E-state index contributed by atoms with van der Waals surface area (Å²) >= 11 is 0. The Kier molecular flexibility index (Phi) is 6.15.